The van der Waals surface area contributed by atoms with E-state index < -0.39 is 5.60 Å². The Balaban J connectivity index is 1.45. The number of likely N-dealkylation sites (tertiary alicyclic amines) is 1. The number of amides is 1. The maximum atomic E-state index is 12.4. The molecule has 0 spiro atoms. The van der Waals surface area contributed by atoms with Gasteiger partial charge in [0.05, 0.1) is 24.3 Å². The summed E-state index contributed by atoms with van der Waals surface area (Å²) in [6.07, 6.45) is 1.72. The van der Waals surface area contributed by atoms with Crippen molar-refractivity contribution >= 4 is 34.3 Å². The number of anilines is 2. The second-order valence-electron chi connectivity index (χ2n) is 10.2. The monoisotopic (exact) mass is 489 g/mol. The van der Waals surface area contributed by atoms with E-state index in [1.165, 1.54) is 0 Å². The van der Waals surface area contributed by atoms with Gasteiger partial charge in [-0.25, -0.2) is 14.8 Å². The Labute approximate surface area is 210 Å². The molecule has 1 amide bonds. The summed E-state index contributed by atoms with van der Waals surface area (Å²) < 4.78 is 11.8. The molecule has 4 heterocycles. The van der Waals surface area contributed by atoms with Crippen LogP contribution in [0.2, 0.25) is 0 Å². The molecule has 2 aromatic heterocycles. The summed E-state index contributed by atoms with van der Waals surface area (Å²) >= 11 is 0. The quantitative estimate of drug-likeness (QED) is 0.515. The van der Waals surface area contributed by atoms with E-state index in [4.69, 9.17) is 20.2 Å². The molecule has 3 N–H and O–H groups in total. The van der Waals surface area contributed by atoms with Crippen molar-refractivity contribution in [3.8, 4) is 5.75 Å². The topological polar surface area (TPSA) is 120 Å². The molecule has 36 heavy (non-hydrogen) atoms. The molecule has 2 aliphatic heterocycles. The average molecular weight is 490 g/mol. The molecule has 2 aliphatic rings. The molecule has 0 bridgehead atoms. The maximum absolute atomic E-state index is 12.4. The van der Waals surface area contributed by atoms with Gasteiger partial charge in [-0.05, 0) is 56.0 Å². The largest absolute Gasteiger partial charge is 0.486 e. The van der Waals surface area contributed by atoms with Crippen LogP contribution in [0.3, 0.4) is 0 Å². The molecule has 9 heteroatoms. The molecular formula is C27H31N5O4. The van der Waals surface area contributed by atoms with E-state index in [-0.39, 0.29) is 29.9 Å². The van der Waals surface area contributed by atoms with Crippen LogP contribution in [0.25, 0.3) is 10.8 Å². The highest BCUT2D eigenvalue weighted by Gasteiger charge is 2.40. The number of aromatic nitrogens is 2. The summed E-state index contributed by atoms with van der Waals surface area (Å²) in [5.74, 6) is 1.53. The number of ether oxygens (including phenoxy) is 2. The number of nitrogens with one attached hydrogen (secondary N) is 1. The highest BCUT2D eigenvalue weighted by molar-refractivity contribution is 5.94. The van der Waals surface area contributed by atoms with Crippen LogP contribution in [0.5, 0.6) is 5.75 Å². The van der Waals surface area contributed by atoms with E-state index in [0.29, 0.717) is 41.7 Å². The third-order valence-electron chi connectivity index (χ3n) is 7.18. The number of cyclic esters (lactones) is 1. The Morgan fingerprint density at radius 2 is 1.97 bits per heavy atom. The number of pyridine rings is 2. The highest BCUT2D eigenvalue weighted by Crippen LogP contribution is 2.38. The van der Waals surface area contributed by atoms with E-state index >= 15 is 0 Å². The van der Waals surface area contributed by atoms with Gasteiger partial charge in [0, 0.05) is 30.5 Å². The smallest absolute Gasteiger partial charge is 0.340 e. The zero-order valence-corrected chi connectivity index (χ0v) is 21.2. The third kappa shape index (κ3) is 4.24. The van der Waals surface area contributed by atoms with Gasteiger partial charge >= 0.3 is 5.97 Å². The lowest BCUT2D eigenvalue weighted by Gasteiger charge is -2.38. The highest BCUT2D eigenvalue weighted by atomic mass is 16.6. The van der Waals surface area contributed by atoms with Crippen LogP contribution in [-0.2, 0) is 9.53 Å². The lowest BCUT2D eigenvalue weighted by atomic mass is 9.84. The van der Waals surface area contributed by atoms with Crippen LogP contribution >= 0.6 is 0 Å². The van der Waals surface area contributed by atoms with E-state index in [1.54, 1.807) is 30.2 Å². The number of fused-ring (bicyclic) bond motifs is 2. The number of benzene rings is 1. The van der Waals surface area contributed by atoms with E-state index in [9.17, 15) is 9.59 Å². The third-order valence-corrected chi connectivity index (χ3v) is 7.18. The van der Waals surface area contributed by atoms with E-state index in [2.05, 4.69) is 10.3 Å². The van der Waals surface area contributed by atoms with Gasteiger partial charge in [0.15, 0.2) is 0 Å². The predicted octanol–water partition coefficient (Wildman–Crippen LogP) is 4.06. The first-order chi connectivity index (χ1) is 17.0. The predicted molar refractivity (Wildman–Crippen MR) is 136 cm³/mol. The second-order valence-corrected chi connectivity index (χ2v) is 10.2. The maximum Gasteiger partial charge on any atom is 0.340 e. The summed E-state index contributed by atoms with van der Waals surface area (Å²) in [4.78, 5) is 35.0. The summed E-state index contributed by atoms with van der Waals surface area (Å²) in [6, 6.07) is 9.12. The van der Waals surface area contributed by atoms with Gasteiger partial charge in [0.1, 0.15) is 29.1 Å². The van der Waals surface area contributed by atoms with Crippen molar-refractivity contribution in [2.75, 3.05) is 18.4 Å². The summed E-state index contributed by atoms with van der Waals surface area (Å²) in [6.45, 7) is 10.4. The van der Waals surface area contributed by atoms with Crippen LogP contribution in [0.1, 0.15) is 68.2 Å². The number of hydrogen-bond donors (Lipinski definition) is 2. The summed E-state index contributed by atoms with van der Waals surface area (Å²) in [5, 5.41) is 5.06. The first kappa shape index (κ1) is 24.0. The van der Waals surface area contributed by atoms with Gasteiger partial charge in [-0.15, -0.1) is 0 Å². The van der Waals surface area contributed by atoms with Gasteiger partial charge in [0.25, 0.3) is 0 Å². The Morgan fingerprint density at radius 1 is 1.22 bits per heavy atom. The molecule has 0 radical (unpaired) electrons. The minimum atomic E-state index is -0.638. The van der Waals surface area contributed by atoms with Gasteiger partial charge in [-0.2, -0.15) is 0 Å². The molecule has 5 rings (SSSR count). The van der Waals surface area contributed by atoms with Crippen LogP contribution in [0.4, 0.5) is 11.6 Å². The van der Waals surface area contributed by atoms with Gasteiger partial charge in [-0.3, -0.25) is 4.79 Å². The molecule has 3 aromatic rings. The van der Waals surface area contributed by atoms with Crippen molar-refractivity contribution in [1.82, 2.24) is 14.9 Å². The summed E-state index contributed by atoms with van der Waals surface area (Å²) in [5.41, 5.74) is 7.79. The zero-order valence-electron chi connectivity index (χ0n) is 21.2. The van der Waals surface area contributed by atoms with Crippen molar-refractivity contribution in [2.45, 2.75) is 58.3 Å². The van der Waals surface area contributed by atoms with Crippen molar-refractivity contribution in [3.63, 3.8) is 0 Å². The van der Waals surface area contributed by atoms with Crippen molar-refractivity contribution in [3.05, 3.63) is 53.3 Å². The summed E-state index contributed by atoms with van der Waals surface area (Å²) in [7, 11) is 0. The number of nitrogens with zero attached hydrogens (tertiary/aromatic N) is 3. The molecule has 1 aromatic carbocycles. The molecular weight excluding hydrogens is 458 g/mol. The normalized spacial score (nSPS) is 19.8. The lowest BCUT2D eigenvalue weighted by molar-refractivity contribution is -0.137. The Morgan fingerprint density at radius 3 is 2.67 bits per heavy atom. The Kier molecular flexibility index (Phi) is 5.83. The Hall–Kier alpha value is -3.72. The number of hydrogen-bond acceptors (Lipinski definition) is 8. The molecule has 1 fully saturated rings. The van der Waals surface area contributed by atoms with Crippen LogP contribution in [0, 0.1) is 0 Å². The first-order valence-corrected chi connectivity index (χ1v) is 12.1. The number of esters is 1. The van der Waals surface area contributed by atoms with Gasteiger partial charge < -0.3 is 25.4 Å². The minimum absolute atomic E-state index is 0.0475. The van der Waals surface area contributed by atoms with E-state index in [0.717, 1.165) is 16.3 Å². The van der Waals surface area contributed by atoms with Crippen LogP contribution in [-0.4, -0.2) is 51.5 Å². The van der Waals surface area contributed by atoms with Crippen molar-refractivity contribution in [2.24, 2.45) is 5.73 Å². The number of carbonyl (C=O) groups excluding carboxylic acids is 2. The number of carbonyl (C=O) groups is 2. The molecule has 0 aliphatic carbocycles. The zero-order chi connectivity index (χ0) is 25.8. The second kappa shape index (κ2) is 8.74. The average Bonchev–Trinajstić information content (AvgIpc) is 2.78. The fourth-order valence-electron chi connectivity index (χ4n) is 4.64. The Bertz CT molecular complexity index is 1360. The molecule has 2 unspecified atom stereocenters. The fraction of sp³-hybridized carbons (Fsp3) is 0.407. The van der Waals surface area contributed by atoms with Crippen LogP contribution < -0.4 is 15.8 Å². The minimum Gasteiger partial charge on any atom is -0.486 e. The first-order valence-electron chi connectivity index (χ1n) is 12.1. The van der Waals surface area contributed by atoms with Crippen molar-refractivity contribution < 1.29 is 19.1 Å². The van der Waals surface area contributed by atoms with Crippen molar-refractivity contribution in [1.29, 1.82) is 0 Å². The van der Waals surface area contributed by atoms with Gasteiger partial charge in [0.2, 0.25) is 5.91 Å². The van der Waals surface area contributed by atoms with Crippen LogP contribution in [0.15, 0.2) is 36.5 Å². The SMILES string of the molecule is CC(=O)N1CC(Oc2ccc(C(C)N)c3cc(Nc4ccc5c(n4)C(C)C(C)(C)OC5=O)ncc23)C1. The molecule has 2 atom stereocenters. The fourth-order valence-corrected chi connectivity index (χ4v) is 4.64. The molecule has 9 nitrogen and oxygen atoms in total. The van der Waals surface area contributed by atoms with E-state index in [1.807, 2.05) is 45.9 Å². The standard InChI is InChI=1S/C27H31N5O4/c1-14-25-19(26(34)36-27(14,4)5)7-9-23(31-25)30-24-10-20-18(15(2)28)6-8-22(21(20)11-29-24)35-17-12-32(13-17)16(3)33/h6-11,14-15,17H,12-13,28H2,1-5H3,(H,29,30,31). The van der Waals surface area contributed by atoms with Gasteiger partial charge in [-0.1, -0.05) is 13.0 Å². The lowest BCUT2D eigenvalue weighted by Crippen LogP contribution is -2.55. The molecule has 0 saturated carbocycles. The molecule has 1 saturated heterocycles. The number of nitrogens with two attached hydrogens (primary N) is 1. The molecule has 188 valence electrons. The number of rotatable bonds is 5.